The summed E-state index contributed by atoms with van der Waals surface area (Å²) in [6.45, 7) is 2.01. The van der Waals surface area contributed by atoms with Gasteiger partial charge in [-0.05, 0) is 62.1 Å². The molecule has 124 valence electrons. The van der Waals surface area contributed by atoms with Gasteiger partial charge in [-0.3, -0.25) is 0 Å². The Labute approximate surface area is 154 Å². The highest BCUT2D eigenvalue weighted by Gasteiger charge is 2.21. The first kappa shape index (κ1) is 16.2. The number of thioether (sulfide) groups is 1. The molecule has 1 aliphatic carbocycles. The first-order valence-electron chi connectivity index (χ1n) is 8.05. The number of aryl methyl sites for hydroxylation is 3. The number of rotatable bonds is 3. The van der Waals surface area contributed by atoms with E-state index in [4.69, 9.17) is 21.6 Å². The second kappa shape index (κ2) is 6.54. The van der Waals surface area contributed by atoms with E-state index in [1.807, 2.05) is 42.7 Å². The van der Waals surface area contributed by atoms with Crippen molar-refractivity contribution >= 4 is 56.4 Å². The lowest BCUT2D eigenvalue weighted by Gasteiger charge is -2.13. The predicted molar refractivity (Wildman–Crippen MR) is 105 cm³/mol. The lowest BCUT2D eigenvalue weighted by atomic mass is 9.97. The maximum absolute atomic E-state index is 6.28. The van der Waals surface area contributed by atoms with Gasteiger partial charge in [-0.2, -0.15) is 0 Å². The van der Waals surface area contributed by atoms with Crippen LogP contribution in [0.5, 0.6) is 0 Å². The van der Waals surface area contributed by atoms with Crippen LogP contribution in [0.1, 0.15) is 28.8 Å². The third kappa shape index (κ3) is 2.89. The van der Waals surface area contributed by atoms with Crippen molar-refractivity contribution in [3.05, 3.63) is 39.2 Å². The topological polar surface area (TPSA) is 37.8 Å². The quantitative estimate of drug-likeness (QED) is 0.450. The van der Waals surface area contributed by atoms with Gasteiger partial charge in [-0.25, -0.2) is 9.97 Å². The molecule has 1 aliphatic rings. The molecule has 0 atom stereocenters. The number of nitrogens with zero attached hydrogens (tertiary/aromatic N) is 2. The first-order valence-corrected chi connectivity index (χ1v) is 10.5. The van der Waals surface area contributed by atoms with Crippen molar-refractivity contribution < 1.29 is 0 Å². The van der Waals surface area contributed by atoms with Crippen LogP contribution in [0.15, 0.2) is 23.4 Å². The molecule has 2 aromatic heterocycles. The zero-order chi connectivity index (χ0) is 16.7. The maximum atomic E-state index is 6.28. The van der Waals surface area contributed by atoms with Gasteiger partial charge in [0.25, 0.3) is 0 Å². The largest absolute Gasteiger partial charge is 0.340 e. The van der Waals surface area contributed by atoms with Crippen molar-refractivity contribution in [1.82, 2.24) is 9.97 Å². The van der Waals surface area contributed by atoms with Gasteiger partial charge < -0.3 is 5.32 Å². The Balaban J connectivity index is 1.85. The van der Waals surface area contributed by atoms with E-state index in [2.05, 4.69) is 5.32 Å². The summed E-state index contributed by atoms with van der Waals surface area (Å²) in [6.07, 6.45) is 6.83. The Morgan fingerprint density at radius 1 is 1.21 bits per heavy atom. The third-order valence-corrected chi connectivity index (χ3v) is 6.55. The van der Waals surface area contributed by atoms with E-state index in [9.17, 15) is 0 Å². The Bertz CT molecular complexity index is 920. The summed E-state index contributed by atoms with van der Waals surface area (Å²) in [5.74, 6) is 0.906. The molecule has 4 rings (SSSR count). The summed E-state index contributed by atoms with van der Waals surface area (Å²) in [5, 5.41) is 6.26. The highest BCUT2D eigenvalue weighted by molar-refractivity contribution is 7.98. The summed E-state index contributed by atoms with van der Waals surface area (Å²) in [7, 11) is 0. The Kier molecular flexibility index (Phi) is 4.41. The van der Waals surface area contributed by atoms with Crippen LogP contribution < -0.4 is 5.32 Å². The van der Waals surface area contributed by atoms with Crippen molar-refractivity contribution in [2.45, 2.75) is 37.8 Å². The molecular formula is C18H18ClN3S2. The summed E-state index contributed by atoms with van der Waals surface area (Å²) in [6, 6.07) is 6.04. The molecule has 3 aromatic rings. The molecule has 0 unspecified atom stereocenters. The number of nitrogens with one attached hydrogen (secondary N) is 1. The van der Waals surface area contributed by atoms with Crippen LogP contribution in [0.2, 0.25) is 5.02 Å². The summed E-state index contributed by atoms with van der Waals surface area (Å²) < 4.78 is 0. The van der Waals surface area contributed by atoms with Crippen LogP contribution in [-0.4, -0.2) is 16.2 Å². The minimum Gasteiger partial charge on any atom is -0.340 e. The van der Waals surface area contributed by atoms with E-state index in [1.165, 1.54) is 35.1 Å². The SMILES string of the molecule is CSc1nc(Nc2ccc(C)c(Cl)c2)c2c3c(sc2n1)CCCC3. The molecule has 0 saturated heterocycles. The van der Waals surface area contributed by atoms with Crippen molar-refractivity contribution in [2.75, 3.05) is 11.6 Å². The van der Waals surface area contributed by atoms with Gasteiger partial charge in [-0.1, -0.05) is 29.4 Å². The van der Waals surface area contributed by atoms with Gasteiger partial charge in [-0.15, -0.1) is 11.3 Å². The van der Waals surface area contributed by atoms with Crippen molar-refractivity contribution in [2.24, 2.45) is 0 Å². The molecule has 0 bridgehead atoms. The molecule has 2 heterocycles. The molecule has 3 nitrogen and oxygen atoms in total. The van der Waals surface area contributed by atoms with E-state index >= 15 is 0 Å². The predicted octanol–water partition coefficient (Wildman–Crippen LogP) is 6.00. The van der Waals surface area contributed by atoms with E-state index in [0.29, 0.717) is 0 Å². The fourth-order valence-corrected chi connectivity index (χ4v) is 4.99. The highest BCUT2D eigenvalue weighted by atomic mass is 35.5. The Morgan fingerprint density at radius 2 is 2.04 bits per heavy atom. The van der Waals surface area contributed by atoms with Crippen molar-refractivity contribution in [3.8, 4) is 0 Å². The number of hydrogen-bond donors (Lipinski definition) is 1. The van der Waals surface area contributed by atoms with E-state index in [-0.39, 0.29) is 0 Å². The van der Waals surface area contributed by atoms with Crippen molar-refractivity contribution in [3.63, 3.8) is 0 Å². The van der Waals surface area contributed by atoms with Gasteiger partial charge >= 0.3 is 0 Å². The van der Waals surface area contributed by atoms with Gasteiger partial charge in [0.1, 0.15) is 10.6 Å². The summed E-state index contributed by atoms with van der Waals surface area (Å²) in [5.41, 5.74) is 3.48. The van der Waals surface area contributed by atoms with Gasteiger partial charge in [0, 0.05) is 15.6 Å². The number of aromatic nitrogens is 2. The lowest BCUT2D eigenvalue weighted by molar-refractivity contribution is 0.700. The average molecular weight is 376 g/mol. The number of benzene rings is 1. The molecule has 0 amide bonds. The second-order valence-electron chi connectivity index (χ2n) is 6.04. The van der Waals surface area contributed by atoms with Crippen LogP contribution in [0.3, 0.4) is 0 Å². The highest BCUT2D eigenvalue weighted by Crippen LogP contribution is 2.40. The smallest absolute Gasteiger partial charge is 0.190 e. The zero-order valence-electron chi connectivity index (χ0n) is 13.6. The number of hydrogen-bond acceptors (Lipinski definition) is 5. The third-order valence-electron chi connectivity index (χ3n) is 4.41. The van der Waals surface area contributed by atoms with E-state index in [1.54, 1.807) is 11.8 Å². The fraction of sp³-hybridized carbons (Fsp3) is 0.333. The van der Waals surface area contributed by atoms with Crippen LogP contribution in [0.25, 0.3) is 10.2 Å². The second-order valence-corrected chi connectivity index (χ2v) is 8.30. The molecule has 0 aliphatic heterocycles. The number of anilines is 2. The minimum absolute atomic E-state index is 0.766. The zero-order valence-corrected chi connectivity index (χ0v) is 16.0. The average Bonchev–Trinajstić information content (AvgIpc) is 2.96. The monoisotopic (exact) mass is 375 g/mol. The van der Waals surface area contributed by atoms with Gasteiger partial charge in [0.2, 0.25) is 0 Å². The standard InChI is InChI=1S/C18H18ClN3S2/c1-10-7-8-11(9-13(10)19)20-16-15-12-5-3-4-6-14(12)24-17(15)22-18(21-16)23-2/h7-9H,3-6H2,1-2H3,(H,20,21,22). The molecule has 24 heavy (non-hydrogen) atoms. The summed E-state index contributed by atoms with van der Waals surface area (Å²) in [4.78, 5) is 12.1. The molecule has 0 spiro atoms. The maximum Gasteiger partial charge on any atom is 0.190 e. The Hall–Kier alpha value is -1.30. The molecule has 0 radical (unpaired) electrons. The minimum atomic E-state index is 0.766. The fourth-order valence-electron chi connectivity index (χ4n) is 3.13. The van der Waals surface area contributed by atoms with Crippen LogP contribution in [0, 0.1) is 6.92 Å². The number of thiophene rings is 1. The molecular weight excluding hydrogens is 358 g/mol. The van der Waals surface area contributed by atoms with Crippen LogP contribution in [-0.2, 0) is 12.8 Å². The molecule has 1 aromatic carbocycles. The molecule has 0 saturated carbocycles. The van der Waals surface area contributed by atoms with Gasteiger partial charge in [0.05, 0.1) is 5.39 Å². The molecule has 6 heteroatoms. The van der Waals surface area contributed by atoms with Crippen LogP contribution in [0.4, 0.5) is 11.5 Å². The molecule has 1 N–H and O–H groups in total. The number of fused-ring (bicyclic) bond motifs is 3. The van der Waals surface area contributed by atoms with E-state index < -0.39 is 0 Å². The Morgan fingerprint density at radius 3 is 2.83 bits per heavy atom. The summed E-state index contributed by atoms with van der Waals surface area (Å²) >= 11 is 9.68. The van der Waals surface area contributed by atoms with E-state index in [0.717, 1.165) is 38.5 Å². The first-order chi connectivity index (χ1) is 11.7. The van der Waals surface area contributed by atoms with Crippen LogP contribution >= 0.6 is 34.7 Å². The van der Waals surface area contributed by atoms with Gasteiger partial charge in [0.15, 0.2) is 5.16 Å². The van der Waals surface area contributed by atoms with Crippen molar-refractivity contribution in [1.29, 1.82) is 0 Å². The molecule has 0 fully saturated rings. The lowest BCUT2D eigenvalue weighted by Crippen LogP contribution is -2.02. The number of halogens is 1. The normalized spacial score (nSPS) is 14.0.